The van der Waals surface area contributed by atoms with E-state index in [9.17, 15) is 4.79 Å². The number of hydrogen-bond acceptors (Lipinski definition) is 2. The van der Waals surface area contributed by atoms with Crippen molar-refractivity contribution in [3.63, 3.8) is 0 Å². The molecule has 0 aliphatic carbocycles. The lowest BCUT2D eigenvalue weighted by molar-refractivity contribution is 0.0989. The number of para-hydroxylation sites is 1. The molecule has 18 heavy (non-hydrogen) atoms. The minimum atomic E-state index is 0.158. The quantitative estimate of drug-likeness (QED) is 0.804. The molecule has 0 spiro atoms. The molecule has 0 heterocycles. The smallest absolute Gasteiger partial charge is 0.164 e. The molecule has 0 unspecified atom stereocenters. The van der Waals surface area contributed by atoms with E-state index < -0.39 is 0 Å². The highest BCUT2D eigenvalue weighted by molar-refractivity contribution is 6.01. The van der Waals surface area contributed by atoms with Crippen molar-refractivity contribution in [1.82, 2.24) is 0 Å². The van der Waals surface area contributed by atoms with Crippen LogP contribution >= 0.6 is 0 Å². The van der Waals surface area contributed by atoms with Crippen molar-refractivity contribution in [3.05, 3.63) is 59.7 Å². The summed E-state index contributed by atoms with van der Waals surface area (Å²) in [6, 6.07) is 15.8. The first-order chi connectivity index (χ1) is 8.70. The lowest BCUT2D eigenvalue weighted by atomic mass is 10.1. The molecule has 0 atom stereocenters. The maximum absolute atomic E-state index is 11.8. The highest BCUT2D eigenvalue weighted by Gasteiger charge is 2.08. The zero-order chi connectivity index (χ0) is 13.0. The number of anilines is 2. The maximum atomic E-state index is 11.8. The Morgan fingerprint density at radius 2 is 1.72 bits per heavy atom. The molecule has 0 aromatic heterocycles. The monoisotopic (exact) mass is 239 g/mol. The van der Waals surface area contributed by atoms with Gasteiger partial charge in [-0.15, -0.1) is 0 Å². The van der Waals surface area contributed by atoms with Gasteiger partial charge in [-0.2, -0.15) is 0 Å². The van der Waals surface area contributed by atoms with Crippen LogP contribution in [0.5, 0.6) is 0 Å². The van der Waals surface area contributed by atoms with Crippen molar-refractivity contribution in [3.8, 4) is 0 Å². The second-order valence-corrected chi connectivity index (χ2v) is 4.31. The molecule has 2 rings (SSSR count). The van der Waals surface area contributed by atoms with Crippen LogP contribution in [-0.2, 0) is 0 Å². The van der Waals surface area contributed by atoms with E-state index in [2.05, 4.69) is 12.2 Å². The van der Waals surface area contributed by atoms with E-state index in [1.54, 1.807) is 0 Å². The van der Waals surface area contributed by atoms with Gasteiger partial charge in [-0.3, -0.25) is 4.79 Å². The number of aryl methyl sites for hydroxylation is 1. The summed E-state index contributed by atoms with van der Waals surface area (Å²) in [5.41, 5.74) is 3.84. The molecule has 0 radical (unpaired) electrons. The molecule has 2 aromatic carbocycles. The van der Waals surface area contributed by atoms with Crippen LogP contribution < -0.4 is 5.32 Å². The van der Waals surface area contributed by atoms with Gasteiger partial charge in [-0.05, 0) is 31.2 Å². The first-order valence-electron chi connectivity index (χ1n) is 6.16. The van der Waals surface area contributed by atoms with Gasteiger partial charge in [-0.1, -0.05) is 36.8 Å². The van der Waals surface area contributed by atoms with E-state index >= 15 is 0 Å². The summed E-state index contributed by atoms with van der Waals surface area (Å²) >= 11 is 0. The summed E-state index contributed by atoms with van der Waals surface area (Å²) < 4.78 is 0. The van der Waals surface area contributed by atoms with Gasteiger partial charge in [0.15, 0.2) is 5.78 Å². The fraction of sp³-hybridized carbons (Fsp3) is 0.188. The SMILES string of the molecule is CCC(=O)c1ccccc1Nc1ccc(C)cc1. The molecule has 0 aliphatic rings. The minimum absolute atomic E-state index is 0.158. The van der Waals surface area contributed by atoms with Crippen LogP contribution in [0.25, 0.3) is 0 Å². The van der Waals surface area contributed by atoms with Crippen molar-refractivity contribution in [2.45, 2.75) is 20.3 Å². The molecule has 0 saturated carbocycles. The molecule has 1 N–H and O–H groups in total. The molecule has 92 valence electrons. The van der Waals surface area contributed by atoms with E-state index in [0.29, 0.717) is 6.42 Å². The van der Waals surface area contributed by atoms with Crippen molar-refractivity contribution in [2.75, 3.05) is 5.32 Å². The first-order valence-corrected chi connectivity index (χ1v) is 6.16. The van der Waals surface area contributed by atoms with Crippen LogP contribution in [0, 0.1) is 6.92 Å². The van der Waals surface area contributed by atoms with Gasteiger partial charge >= 0.3 is 0 Å². The molecule has 2 aromatic rings. The van der Waals surface area contributed by atoms with Crippen molar-refractivity contribution < 1.29 is 4.79 Å². The maximum Gasteiger partial charge on any atom is 0.164 e. The van der Waals surface area contributed by atoms with Gasteiger partial charge in [0.2, 0.25) is 0 Å². The average molecular weight is 239 g/mol. The number of Topliss-reactive ketones (excluding diaryl/α,β-unsaturated/α-hetero) is 1. The van der Waals surface area contributed by atoms with Crippen LogP contribution in [0.4, 0.5) is 11.4 Å². The summed E-state index contributed by atoms with van der Waals surface area (Å²) in [4.78, 5) is 11.8. The largest absolute Gasteiger partial charge is 0.355 e. The molecule has 0 saturated heterocycles. The van der Waals surface area contributed by atoms with Gasteiger partial charge in [0.25, 0.3) is 0 Å². The summed E-state index contributed by atoms with van der Waals surface area (Å²) in [6.07, 6.45) is 0.520. The highest BCUT2D eigenvalue weighted by atomic mass is 16.1. The number of carbonyl (C=O) groups is 1. The van der Waals surface area contributed by atoms with Crippen LogP contribution in [0.15, 0.2) is 48.5 Å². The third-order valence-corrected chi connectivity index (χ3v) is 2.88. The topological polar surface area (TPSA) is 29.1 Å². The van der Waals surface area contributed by atoms with Crippen molar-refractivity contribution in [2.24, 2.45) is 0 Å². The summed E-state index contributed by atoms with van der Waals surface area (Å²) in [5.74, 6) is 0.158. The first kappa shape index (κ1) is 12.4. The van der Waals surface area contributed by atoms with E-state index in [1.807, 2.05) is 55.5 Å². The number of ketones is 1. The summed E-state index contributed by atoms with van der Waals surface area (Å²) in [6.45, 7) is 3.93. The molecular weight excluding hydrogens is 222 g/mol. The fourth-order valence-corrected chi connectivity index (χ4v) is 1.82. The number of carbonyl (C=O) groups excluding carboxylic acids is 1. The Morgan fingerprint density at radius 1 is 1.06 bits per heavy atom. The number of hydrogen-bond donors (Lipinski definition) is 1. The lowest BCUT2D eigenvalue weighted by Crippen LogP contribution is -2.02. The van der Waals surface area contributed by atoms with Crippen LogP contribution in [-0.4, -0.2) is 5.78 Å². The van der Waals surface area contributed by atoms with Gasteiger partial charge in [-0.25, -0.2) is 0 Å². The van der Waals surface area contributed by atoms with Gasteiger partial charge < -0.3 is 5.32 Å². The molecule has 0 amide bonds. The Kier molecular flexibility index (Phi) is 3.78. The molecule has 0 aliphatic heterocycles. The Balaban J connectivity index is 2.28. The van der Waals surface area contributed by atoms with E-state index in [4.69, 9.17) is 0 Å². The molecular formula is C16H17NO. The van der Waals surface area contributed by atoms with E-state index in [-0.39, 0.29) is 5.78 Å². The second kappa shape index (κ2) is 5.50. The van der Waals surface area contributed by atoms with E-state index in [0.717, 1.165) is 16.9 Å². The zero-order valence-corrected chi connectivity index (χ0v) is 10.7. The Labute approximate surface area is 108 Å². The second-order valence-electron chi connectivity index (χ2n) is 4.31. The average Bonchev–Trinajstić information content (AvgIpc) is 2.41. The Bertz CT molecular complexity index is 543. The number of nitrogens with one attached hydrogen (secondary N) is 1. The van der Waals surface area contributed by atoms with Gasteiger partial charge in [0, 0.05) is 23.4 Å². The molecule has 0 bridgehead atoms. The number of benzene rings is 2. The summed E-state index contributed by atoms with van der Waals surface area (Å²) in [7, 11) is 0. The Hall–Kier alpha value is -2.09. The van der Waals surface area contributed by atoms with Crippen LogP contribution in [0.1, 0.15) is 29.3 Å². The fourth-order valence-electron chi connectivity index (χ4n) is 1.82. The zero-order valence-electron chi connectivity index (χ0n) is 10.7. The third-order valence-electron chi connectivity index (χ3n) is 2.88. The number of rotatable bonds is 4. The van der Waals surface area contributed by atoms with Crippen molar-refractivity contribution >= 4 is 17.2 Å². The standard InChI is InChI=1S/C16H17NO/c1-3-16(18)14-6-4-5-7-15(14)17-13-10-8-12(2)9-11-13/h4-11,17H,3H2,1-2H3. The molecule has 2 heteroatoms. The van der Waals surface area contributed by atoms with Crippen LogP contribution in [0.2, 0.25) is 0 Å². The van der Waals surface area contributed by atoms with E-state index in [1.165, 1.54) is 5.56 Å². The van der Waals surface area contributed by atoms with Crippen LogP contribution in [0.3, 0.4) is 0 Å². The lowest BCUT2D eigenvalue weighted by Gasteiger charge is -2.11. The Morgan fingerprint density at radius 3 is 2.39 bits per heavy atom. The van der Waals surface area contributed by atoms with Gasteiger partial charge in [0.1, 0.15) is 0 Å². The minimum Gasteiger partial charge on any atom is -0.355 e. The van der Waals surface area contributed by atoms with Crippen molar-refractivity contribution in [1.29, 1.82) is 0 Å². The van der Waals surface area contributed by atoms with Gasteiger partial charge in [0.05, 0.1) is 0 Å². The predicted octanol–water partition coefficient (Wildman–Crippen LogP) is 4.33. The third kappa shape index (κ3) is 2.77. The highest BCUT2D eigenvalue weighted by Crippen LogP contribution is 2.22. The summed E-state index contributed by atoms with van der Waals surface area (Å²) in [5, 5.41) is 3.29. The molecule has 0 fully saturated rings. The predicted molar refractivity (Wildman–Crippen MR) is 75.5 cm³/mol. The molecule has 2 nitrogen and oxygen atoms in total. The normalized spacial score (nSPS) is 10.1.